The van der Waals surface area contributed by atoms with E-state index >= 15 is 0 Å². The van der Waals surface area contributed by atoms with Crippen LogP contribution in [0.2, 0.25) is 5.02 Å². The summed E-state index contributed by atoms with van der Waals surface area (Å²) in [4.78, 5) is 26.2. The third kappa shape index (κ3) is 6.05. The van der Waals surface area contributed by atoms with Gasteiger partial charge in [0.2, 0.25) is 11.8 Å². The molecule has 31 heavy (non-hydrogen) atoms. The molecule has 10 heteroatoms. The average Bonchev–Trinajstić information content (AvgIpc) is 2.95. The number of carbonyl (C=O) groups excluding carboxylic acids is 2. The number of rotatable bonds is 7. The third-order valence-corrected chi connectivity index (χ3v) is 4.83. The van der Waals surface area contributed by atoms with E-state index in [-0.39, 0.29) is 18.1 Å². The average molecular weight is 454 g/mol. The maximum absolute atomic E-state index is 13.7. The van der Waals surface area contributed by atoms with Gasteiger partial charge in [0.05, 0.1) is 37.0 Å². The molecule has 0 radical (unpaired) electrons. The SMILES string of the molecule is CCN(CC(=O)Nc1cc2c(cc1Cl)OCCCO2)CC(=O)Nc1c(F)cccc1F. The Hall–Kier alpha value is -2.91. The molecular formula is C21H22ClF2N3O4. The zero-order chi connectivity index (χ0) is 22.4. The number of ether oxygens (including phenoxy) is 2. The molecule has 0 saturated carbocycles. The van der Waals surface area contributed by atoms with Crippen LogP contribution in [0.4, 0.5) is 20.2 Å². The first kappa shape index (κ1) is 22.8. The number of nitrogens with one attached hydrogen (secondary N) is 2. The van der Waals surface area contributed by atoms with Crippen molar-refractivity contribution in [3.05, 3.63) is 47.0 Å². The van der Waals surface area contributed by atoms with Crippen LogP contribution < -0.4 is 20.1 Å². The lowest BCUT2D eigenvalue weighted by Gasteiger charge is -2.20. The summed E-state index contributed by atoms with van der Waals surface area (Å²) in [6.07, 6.45) is 0.734. The highest BCUT2D eigenvalue weighted by Gasteiger charge is 2.19. The molecule has 0 unspecified atom stereocenters. The Morgan fingerprint density at radius 2 is 1.61 bits per heavy atom. The Kier molecular flexibility index (Phi) is 7.64. The van der Waals surface area contributed by atoms with Crippen LogP contribution in [0.15, 0.2) is 30.3 Å². The molecule has 2 amide bonds. The Balaban J connectivity index is 1.60. The van der Waals surface area contributed by atoms with Crippen LogP contribution in [0.25, 0.3) is 0 Å². The monoisotopic (exact) mass is 453 g/mol. The molecule has 0 saturated heterocycles. The van der Waals surface area contributed by atoms with Crippen molar-refractivity contribution < 1.29 is 27.8 Å². The fraction of sp³-hybridized carbons (Fsp3) is 0.333. The molecule has 0 spiro atoms. The van der Waals surface area contributed by atoms with E-state index in [0.717, 1.165) is 18.6 Å². The van der Waals surface area contributed by atoms with E-state index in [4.69, 9.17) is 21.1 Å². The van der Waals surface area contributed by atoms with Crippen molar-refractivity contribution in [2.45, 2.75) is 13.3 Å². The van der Waals surface area contributed by atoms with Gasteiger partial charge in [-0.2, -0.15) is 0 Å². The van der Waals surface area contributed by atoms with E-state index in [1.54, 1.807) is 19.1 Å². The van der Waals surface area contributed by atoms with Crippen LogP contribution in [-0.2, 0) is 9.59 Å². The molecule has 0 aromatic heterocycles. The molecule has 1 aliphatic rings. The van der Waals surface area contributed by atoms with Gasteiger partial charge in [0.15, 0.2) is 11.5 Å². The number of hydrogen-bond donors (Lipinski definition) is 2. The van der Waals surface area contributed by atoms with E-state index in [0.29, 0.717) is 36.9 Å². The Morgan fingerprint density at radius 3 is 2.23 bits per heavy atom. The molecule has 0 bridgehead atoms. The first-order valence-corrected chi connectivity index (χ1v) is 10.1. The van der Waals surface area contributed by atoms with Crippen molar-refractivity contribution in [1.82, 2.24) is 4.90 Å². The van der Waals surface area contributed by atoms with Crippen LogP contribution in [0.1, 0.15) is 13.3 Å². The second kappa shape index (κ2) is 10.4. The first-order valence-electron chi connectivity index (χ1n) is 9.72. The molecule has 2 aromatic carbocycles. The summed E-state index contributed by atoms with van der Waals surface area (Å²) in [5.41, 5.74) is -0.170. The Bertz CT molecular complexity index is 954. The van der Waals surface area contributed by atoms with Crippen molar-refractivity contribution in [3.63, 3.8) is 0 Å². The van der Waals surface area contributed by atoms with Gasteiger partial charge in [0, 0.05) is 18.6 Å². The molecule has 0 atom stereocenters. The van der Waals surface area contributed by atoms with Crippen molar-refractivity contribution in [2.24, 2.45) is 0 Å². The predicted octanol–water partition coefficient (Wildman–Crippen LogP) is 3.68. The highest BCUT2D eigenvalue weighted by molar-refractivity contribution is 6.34. The summed E-state index contributed by atoms with van der Waals surface area (Å²) >= 11 is 6.23. The third-order valence-electron chi connectivity index (χ3n) is 4.52. The van der Waals surface area contributed by atoms with E-state index in [9.17, 15) is 18.4 Å². The van der Waals surface area contributed by atoms with Crippen molar-refractivity contribution in [2.75, 3.05) is 43.5 Å². The summed E-state index contributed by atoms with van der Waals surface area (Å²) in [5.74, 6) is -1.82. The minimum absolute atomic E-state index is 0.131. The minimum atomic E-state index is -0.877. The van der Waals surface area contributed by atoms with E-state index in [1.165, 1.54) is 11.0 Å². The molecule has 1 heterocycles. The maximum Gasteiger partial charge on any atom is 0.238 e. The normalized spacial score (nSPS) is 12.9. The molecule has 2 aromatic rings. The van der Waals surface area contributed by atoms with Gasteiger partial charge >= 0.3 is 0 Å². The van der Waals surface area contributed by atoms with Crippen molar-refractivity contribution in [1.29, 1.82) is 0 Å². The van der Waals surface area contributed by atoms with Gasteiger partial charge in [0.25, 0.3) is 0 Å². The molecule has 1 aliphatic heterocycles. The number of carbonyl (C=O) groups is 2. The van der Waals surface area contributed by atoms with Gasteiger partial charge < -0.3 is 20.1 Å². The largest absolute Gasteiger partial charge is 0.490 e. The number of nitrogens with zero attached hydrogens (tertiary/aromatic N) is 1. The first-order chi connectivity index (χ1) is 14.9. The molecule has 0 aliphatic carbocycles. The fourth-order valence-corrected chi connectivity index (χ4v) is 3.15. The minimum Gasteiger partial charge on any atom is -0.490 e. The number of para-hydroxylation sites is 1. The quantitative estimate of drug-likeness (QED) is 0.668. The number of hydrogen-bond acceptors (Lipinski definition) is 5. The fourth-order valence-electron chi connectivity index (χ4n) is 2.95. The molecule has 7 nitrogen and oxygen atoms in total. The van der Waals surface area contributed by atoms with Crippen LogP contribution >= 0.6 is 11.6 Å². The van der Waals surface area contributed by atoms with Gasteiger partial charge in [-0.3, -0.25) is 14.5 Å². The number of anilines is 2. The van der Waals surface area contributed by atoms with Crippen LogP contribution in [0, 0.1) is 11.6 Å². The van der Waals surface area contributed by atoms with Crippen LogP contribution in [0.5, 0.6) is 11.5 Å². The number of halogens is 3. The van der Waals surface area contributed by atoms with E-state index in [2.05, 4.69) is 10.6 Å². The predicted molar refractivity (Wildman–Crippen MR) is 113 cm³/mol. The molecule has 0 fully saturated rings. The molecule has 2 N–H and O–H groups in total. The van der Waals surface area contributed by atoms with Gasteiger partial charge in [-0.1, -0.05) is 24.6 Å². The number of amides is 2. The molecule has 166 valence electrons. The van der Waals surface area contributed by atoms with Gasteiger partial charge in [-0.25, -0.2) is 8.78 Å². The lowest BCUT2D eigenvalue weighted by molar-refractivity contribution is -0.119. The van der Waals surface area contributed by atoms with Crippen LogP contribution in [-0.4, -0.2) is 49.6 Å². The van der Waals surface area contributed by atoms with Gasteiger partial charge in [0.1, 0.15) is 17.3 Å². The number of fused-ring (bicyclic) bond motifs is 1. The second-order valence-electron chi connectivity index (χ2n) is 6.83. The summed E-state index contributed by atoms with van der Waals surface area (Å²) in [6.45, 7) is 2.75. The van der Waals surface area contributed by atoms with Crippen molar-refractivity contribution in [3.8, 4) is 11.5 Å². The van der Waals surface area contributed by atoms with Gasteiger partial charge in [-0.15, -0.1) is 0 Å². The highest BCUT2D eigenvalue weighted by Crippen LogP contribution is 2.37. The summed E-state index contributed by atoms with van der Waals surface area (Å²) in [5, 5.41) is 5.17. The summed E-state index contributed by atoms with van der Waals surface area (Å²) < 4.78 is 38.6. The van der Waals surface area contributed by atoms with Crippen molar-refractivity contribution >= 4 is 34.8 Å². The summed E-state index contributed by atoms with van der Waals surface area (Å²) in [7, 11) is 0. The number of likely N-dealkylation sites (N-methyl/N-ethyl adjacent to an activating group) is 1. The highest BCUT2D eigenvalue weighted by atomic mass is 35.5. The zero-order valence-electron chi connectivity index (χ0n) is 16.8. The Labute approximate surface area is 183 Å². The second-order valence-corrected chi connectivity index (χ2v) is 7.23. The van der Waals surface area contributed by atoms with E-state index < -0.39 is 29.1 Å². The molecule has 3 rings (SSSR count). The van der Waals surface area contributed by atoms with Gasteiger partial charge in [-0.05, 0) is 18.7 Å². The standard InChI is InChI=1S/C21H22ClF2N3O4/c1-2-27(12-20(29)26-21-14(23)5-3-6-15(21)24)11-19(28)25-16-10-18-17(9-13(16)22)30-7-4-8-31-18/h3,5-6,9-10H,2,4,7-8,11-12H2,1H3,(H,25,28)(H,26,29). The Morgan fingerprint density at radius 1 is 1.03 bits per heavy atom. The zero-order valence-corrected chi connectivity index (χ0v) is 17.6. The lowest BCUT2D eigenvalue weighted by atomic mass is 10.2. The number of benzene rings is 2. The van der Waals surface area contributed by atoms with E-state index in [1.807, 2.05) is 0 Å². The molecular weight excluding hydrogens is 432 g/mol. The lowest BCUT2D eigenvalue weighted by Crippen LogP contribution is -2.38. The maximum atomic E-state index is 13.7. The van der Waals surface area contributed by atoms with Crippen LogP contribution in [0.3, 0.4) is 0 Å². The smallest absolute Gasteiger partial charge is 0.238 e. The topological polar surface area (TPSA) is 79.9 Å². The summed E-state index contributed by atoms with van der Waals surface area (Å²) in [6, 6.07) is 6.45.